The van der Waals surface area contributed by atoms with Gasteiger partial charge < -0.3 is 14.7 Å². The van der Waals surface area contributed by atoms with Gasteiger partial charge in [-0.3, -0.25) is 19.9 Å². The molecule has 3 heterocycles. The molecule has 0 radical (unpaired) electrons. The van der Waals surface area contributed by atoms with E-state index in [2.05, 4.69) is 9.88 Å². The van der Waals surface area contributed by atoms with E-state index in [-0.39, 0.29) is 26.1 Å². The first-order chi connectivity index (χ1) is 18.4. The molecule has 0 bridgehead atoms. The molecule has 0 N–H and O–H groups in total. The van der Waals surface area contributed by atoms with Crippen LogP contribution in [0.2, 0.25) is 5.02 Å². The van der Waals surface area contributed by atoms with Gasteiger partial charge in [0.15, 0.2) is 0 Å². The van der Waals surface area contributed by atoms with Crippen LogP contribution in [0.4, 0.5) is 17.1 Å². The number of fused-ring (bicyclic) bond motifs is 1. The van der Waals surface area contributed by atoms with Crippen molar-refractivity contribution < 1.29 is 17.9 Å². The number of piperazine rings is 1. The number of nitro groups is 1. The van der Waals surface area contributed by atoms with Crippen molar-refractivity contribution in [3.8, 4) is 0 Å². The van der Waals surface area contributed by atoms with Gasteiger partial charge in [-0.05, 0) is 49.2 Å². The highest BCUT2D eigenvalue weighted by molar-refractivity contribution is 6.31. The molecule has 2 fully saturated rings. The molecule has 1 amide bonds. The average molecular weight is 472 g/mol. The van der Waals surface area contributed by atoms with Crippen molar-refractivity contribution in [2.75, 3.05) is 49.0 Å². The number of rotatable bonds is 4. The molecule has 170 valence electrons. The van der Waals surface area contributed by atoms with Crippen LogP contribution in [0, 0.1) is 10.1 Å². The van der Waals surface area contributed by atoms with Gasteiger partial charge >= 0.3 is 0 Å². The lowest BCUT2D eigenvalue weighted by atomic mass is 10.1. The third-order valence-corrected chi connectivity index (χ3v) is 6.01. The highest BCUT2D eigenvalue weighted by Crippen LogP contribution is 2.32. The molecular weight excluding hydrogens is 442 g/mol. The minimum atomic E-state index is -2.33. The number of pyridine rings is 1. The highest BCUT2D eigenvalue weighted by atomic mass is 35.5. The fourth-order valence-electron chi connectivity index (χ4n) is 4.12. The van der Waals surface area contributed by atoms with Gasteiger partial charge in [-0.25, -0.2) is 0 Å². The second kappa shape index (κ2) is 8.86. The van der Waals surface area contributed by atoms with E-state index in [4.69, 9.17) is 19.8 Å². The Hall–Kier alpha value is -3.39. The van der Waals surface area contributed by atoms with Crippen LogP contribution in [0.3, 0.4) is 0 Å². The number of benzene rings is 2. The van der Waals surface area contributed by atoms with Gasteiger partial charge in [-0.15, -0.1) is 0 Å². The van der Waals surface area contributed by atoms with Gasteiger partial charge in [0, 0.05) is 77.2 Å². The van der Waals surface area contributed by atoms with Gasteiger partial charge in [-0.2, -0.15) is 0 Å². The van der Waals surface area contributed by atoms with E-state index in [0.29, 0.717) is 18.1 Å². The molecular formula is C24H24ClN5O3. The second-order valence-electron chi connectivity index (χ2n) is 7.75. The normalized spacial score (nSPS) is 22.8. The summed E-state index contributed by atoms with van der Waals surface area (Å²) in [4.78, 5) is 33.3. The molecule has 3 aromatic rings. The van der Waals surface area contributed by atoms with Gasteiger partial charge in [0.25, 0.3) is 11.6 Å². The first-order valence-corrected chi connectivity index (χ1v) is 10.9. The molecule has 2 aliphatic rings. The van der Waals surface area contributed by atoms with E-state index in [0.717, 1.165) is 21.5 Å². The minimum absolute atomic E-state index is 0.0645. The molecule has 33 heavy (non-hydrogen) atoms. The Labute approximate surface area is 204 Å². The van der Waals surface area contributed by atoms with E-state index in [1.165, 1.54) is 4.90 Å². The third-order valence-electron chi connectivity index (χ3n) is 5.77. The molecule has 2 saturated heterocycles. The molecule has 0 spiro atoms. The number of halogens is 1. The van der Waals surface area contributed by atoms with Gasteiger partial charge in [0.05, 0.1) is 14.6 Å². The van der Waals surface area contributed by atoms with Crippen LogP contribution in [0.5, 0.6) is 0 Å². The van der Waals surface area contributed by atoms with Crippen molar-refractivity contribution in [3.05, 3.63) is 69.3 Å². The zero-order valence-electron chi connectivity index (χ0n) is 23.5. The van der Waals surface area contributed by atoms with Crippen LogP contribution in [0.1, 0.15) is 31.4 Å². The summed E-state index contributed by atoms with van der Waals surface area (Å²) in [6.45, 7) is -1.15. The Bertz CT molecular complexity index is 1500. The van der Waals surface area contributed by atoms with E-state index in [9.17, 15) is 14.9 Å². The van der Waals surface area contributed by atoms with Crippen LogP contribution in [0.15, 0.2) is 48.6 Å². The molecule has 0 aliphatic carbocycles. The summed E-state index contributed by atoms with van der Waals surface area (Å²) in [5, 5.41) is 13.5. The molecule has 8 nitrogen and oxygen atoms in total. The number of amides is 1. The van der Waals surface area contributed by atoms with Crippen LogP contribution < -0.4 is 9.80 Å². The SMILES string of the molecule is [2H]c1c([2H])c(N2CCC([2H])C2([2H])[2H])c([N+](=O)[O-])c([2H])c1C(=O)N1CCN(c2ccnc3cc(Cl)ccc23)CC1. The average Bonchev–Trinajstić information content (AvgIpc) is 3.16. The maximum Gasteiger partial charge on any atom is 0.293 e. The number of carbonyl (C=O) groups excluding carboxylic acids is 1. The van der Waals surface area contributed by atoms with Crippen molar-refractivity contribution >= 4 is 45.5 Å². The van der Waals surface area contributed by atoms with Gasteiger partial charge in [0.1, 0.15) is 5.69 Å². The lowest BCUT2D eigenvalue weighted by Gasteiger charge is -2.36. The Kier molecular flexibility index (Phi) is 4.15. The Morgan fingerprint density at radius 2 is 1.94 bits per heavy atom. The first-order valence-electron chi connectivity index (χ1n) is 13.6. The second-order valence-corrected chi connectivity index (χ2v) is 8.19. The molecule has 1 atom stereocenters. The summed E-state index contributed by atoms with van der Waals surface area (Å²) < 4.78 is 49.8. The minimum Gasteiger partial charge on any atom is -0.367 e. The zero-order chi connectivity index (χ0) is 28.2. The summed E-state index contributed by atoms with van der Waals surface area (Å²) >= 11 is 6.09. The molecule has 2 aliphatic heterocycles. The summed E-state index contributed by atoms with van der Waals surface area (Å²) in [5.41, 5.74) is -0.369. The maximum atomic E-state index is 13.5. The van der Waals surface area contributed by atoms with Crippen molar-refractivity contribution in [1.82, 2.24) is 9.88 Å². The van der Waals surface area contributed by atoms with Gasteiger partial charge in [-0.1, -0.05) is 11.6 Å². The number of anilines is 2. The van der Waals surface area contributed by atoms with E-state index >= 15 is 0 Å². The molecule has 9 heteroatoms. The standard InChI is InChI=1S/C24H24ClN5O3/c25-18-4-5-19-20(16-18)26-8-7-21(19)28-11-13-29(14-12-28)24(31)17-3-6-22(23(15-17)30(32)33)27-9-1-2-10-27/h3-8,15-16H,1-2,9-14H2/i1D,3D,6D,9D2,15D. The maximum absolute atomic E-state index is 13.5. The Balaban J connectivity index is 1.45. The number of aromatic nitrogens is 1. The van der Waals surface area contributed by atoms with E-state index < -0.39 is 58.8 Å². The monoisotopic (exact) mass is 471 g/mol. The Morgan fingerprint density at radius 3 is 2.67 bits per heavy atom. The fraction of sp³-hybridized carbons (Fsp3) is 0.333. The molecule has 5 rings (SSSR count). The smallest absolute Gasteiger partial charge is 0.293 e. The van der Waals surface area contributed by atoms with Crippen molar-refractivity contribution in [1.29, 1.82) is 0 Å². The summed E-state index contributed by atoms with van der Waals surface area (Å²) in [7, 11) is 0. The Morgan fingerprint density at radius 1 is 1.12 bits per heavy atom. The van der Waals surface area contributed by atoms with E-state index in [1.807, 2.05) is 12.1 Å². The summed E-state index contributed by atoms with van der Waals surface area (Å²) in [6.07, 6.45) is 0.522. The lowest BCUT2D eigenvalue weighted by Crippen LogP contribution is -2.48. The van der Waals surface area contributed by atoms with E-state index in [1.54, 1.807) is 18.3 Å². The topological polar surface area (TPSA) is 82.8 Å². The molecule has 2 aromatic carbocycles. The third kappa shape index (κ3) is 4.18. The van der Waals surface area contributed by atoms with Crippen LogP contribution in [0.25, 0.3) is 10.9 Å². The number of nitro benzene ring substituents is 1. The number of nitrogens with zero attached hydrogens (tertiary/aromatic N) is 5. The van der Waals surface area contributed by atoms with Crippen LogP contribution in [-0.4, -0.2) is 59.9 Å². The quantitative estimate of drug-likeness (QED) is 0.415. The summed E-state index contributed by atoms with van der Waals surface area (Å²) in [6, 6.07) is 5.06. The molecule has 1 aromatic heterocycles. The highest BCUT2D eigenvalue weighted by Gasteiger charge is 2.27. The summed E-state index contributed by atoms with van der Waals surface area (Å²) in [5.74, 6) is -0.762. The van der Waals surface area contributed by atoms with Crippen LogP contribution >= 0.6 is 11.6 Å². The predicted octanol–water partition coefficient (Wildman–Crippen LogP) is 4.36. The first kappa shape index (κ1) is 15.4. The largest absolute Gasteiger partial charge is 0.367 e. The number of hydrogen-bond acceptors (Lipinski definition) is 6. The van der Waals surface area contributed by atoms with Crippen molar-refractivity contribution in [2.24, 2.45) is 0 Å². The zero-order valence-corrected chi connectivity index (χ0v) is 18.3. The molecule has 1 unspecified atom stereocenters. The van der Waals surface area contributed by atoms with Crippen molar-refractivity contribution in [2.45, 2.75) is 12.8 Å². The van der Waals surface area contributed by atoms with Gasteiger partial charge in [0.2, 0.25) is 0 Å². The van der Waals surface area contributed by atoms with Crippen molar-refractivity contribution in [3.63, 3.8) is 0 Å². The fourth-order valence-corrected chi connectivity index (χ4v) is 4.29. The number of carbonyl (C=O) groups is 1. The molecule has 0 saturated carbocycles. The lowest BCUT2D eigenvalue weighted by molar-refractivity contribution is -0.384. The van der Waals surface area contributed by atoms with Crippen LogP contribution in [-0.2, 0) is 0 Å². The number of hydrogen-bond donors (Lipinski definition) is 0. The predicted molar refractivity (Wildman–Crippen MR) is 129 cm³/mol.